The molecular formula is C28H29N3O3. The molecule has 3 N–H and O–H groups in total. The summed E-state index contributed by atoms with van der Waals surface area (Å²) in [6, 6.07) is 23.0. The quantitative estimate of drug-likeness (QED) is 0.326. The fraction of sp³-hybridized carbons (Fsp3) is 0.214. The van der Waals surface area contributed by atoms with E-state index in [1.807, 2.05) is 56.3 Å². The number of nitrogens with one attached hydrogen (secondary N) is 3. The molecule has 174 valence electrons. The fourth-order valence-electron chi connectivity index (χ4n) is 3.98. The van der Waals surface area contributed by atoms with Crippen LogP contribution in [0, 0.1) is 0 Å². The van der Waals surface area contributed by atoms with Gasteiger partial charge in [0.05, 0.1) is 7.11 Å². The van der Waals surface area contributed by atoms with Crippen molar-refractivity contribution in [1.82, 2.24) is 10.3 Å². The van der Waals surface area contributed by atoms with E-state index in [0.29, 0.717) is 24.1 Å². The Labute approximate surface area is 199 Å². The first-order valence-electron chi connectivity index (χ1n) is 11.4. The molecule has 34 heavy (non-hydrogen) atoms. The van der Waals surface area contributed by atoms with Gasteiger partial charge in [0, 0.05) is 40.3 Å². The number of anilines is 1. The number of benzene rings is 3. The lowest BCUT2D eigenvalue weighted by Crippen LogP contribution is -2.30. The van der Waals surface area contributed by atoms with Crippen LogP contribution in [0.15, 0.2) is 72.8 Å². The number of aromatic amines is 1. The van der Waals surface area contributed by atoms with Gasteiger partial charge in [0.1, 0.15) is 5.75 Å². The Hall–Kier alpha value is -4.06. The van der Waals surface area contributed by atoms with Crippen molar-refractivity contribution in [2.45, 2.75) is 32.7 Å². The Bertz CT molecular complexity index is 1290. The molecule has 0 atom stereocenters. The number of carbonyl (C=O) groups excluding carboxylic acids is 2. The Balaban J connectivity index is 1.47. The number of amides is 2. The first-order chi connectivity index (χ1) is 16.4. The number of aryl methyl sites for hydroxylation is 1. The third kappa shape index (κ3) is 5.29. The zero-order valence-electron chi connectivity index (χ0n) is 19.6. The molecule has 1 heterocycles. The predicted molar refractivity (Wildman–Crippen MR) is 136 cm³/mol. The summed E-state index contributed by atoms with van der Waals surface area (Å²) in [5.41, 5.74) is 5.44. The summed E-state index contributed by atoms with van der Waals surface area (Å²) in [5, 5.41) is 6.91. The van der Waals surface area contributed by atoms with Gasteiger partial charge >= 0.3 is 0 Å². The first-order valence-corrected chi connectivity index (χ1v) is 11.4. The summed E-state index contributed by atoms with van der Waals surface area (Å²) in [6.07, 6.45) is 0.923. The Morgan fingerprint density at radius 3 is 2.32 bits per heavy atom. The third-order valence-electron chi connectivity index (χ3n) is 5.65. The molecule has 0 unspecified atom stereocenters. The molecule has 0 saturated carbocycles. The van der Waals surface area contributed by atoms with Crippen LogP contribution in [0.5, 0.6) is 5.75 Å². The molecule has 0 fully saturated rings. The first kappa shape index (κ1) is 23.1. The zero-order valence-corrected chi connectivity index (χ0v) is 19.6. The summed E-state index contributed by atoms with van der Waals surface area (Å²) in [6.45, 7) is 3.83. The van der Waals surface area contributed by atoms with E-state index in [1.54, 1.807) is 31.4 Å². The second-order valence-corrected chi connectivity index (χ2v) is 8.51. The molecule has 0 aliphatic heterocycles. The van der Waals surface area contributed by atoms with E-state index in [-0.39, 0.29) is 17.9 Å². The van der Waals surface area contributed by atoms with Crippen LogP contribution in [0.1, 0.15) is 36.2 Å². The number of rotatable bonds is 8. The molecule has 0 spiro atoms. The number of aromatic nitrogens is 1. The molecule has 3 aromatic carbocycles. The summed E-state index contributed by atoms with van der Waals surface area (Å²) in [4.78, 5) is 28.3. The molecule has 4 aromatic rings. The van der Waals surface area contributed by atoms with Gasteiger partial charge in [-0.25, -0.2) is 0 Å². The maximum absolute atomic E-state index is 12.7. The van der Waals surface area contributed by atoms with Crippen LogP contribution in [-0.2, 0) is 11.2 Å². The van der Waals surface area contributed by atoms with Crippen molar-refractivity contribution < 1.29 is 14.3 Å². The smallest absolute Gasteiger partial charge is 0.251 e. The molecular weight excluding hydrogens is 426 g/mol. The minimum Gasteiger partial charge on any atom is -0.497 e. The SMILES string of the molecule is COc1ccc(-c2[nH]c3ccccc3c2CCC(=O)Nc2ccc(C(=O)NC(C)C)cc2)cc1. The standard InChI is InChI=1S/C28H29N3O3/c1-18(2)29-28(33)20-8-12-21(13-9-20)30-26(32)17-16-24-23-6-4-5-7-25(23)31-27(24)19-10-14-22(34-3)15-11-19/h4-15,18,31H,16-17H2,1-3H3,(H,29,33)(H,30,32). The highest BCUT2D eigenvalue weighted by Gasteiger charge is 2.15. The molecule has 4 rings (SSSR count). The van der Waals surface area contributed by atoms with Gasteiger partial charge in [0.2, 0.25) is 5.91 Å². The van der Waals surface area contributed by atoms with Crippen molar-refractivity contribution in [2.24, 2.45) is 0 Å². The van der Waals surface area contributed by atoms with Gasteiger partial charge in [-0.3, -0.25) is 9.59 Å². The maximum atomic E-state index is 12.7. The van der Waals surface area contributed by atoms with Crippen molar-refractivity contribution in [3.05, 3.63) is 83.9 Å². The number of para-hydroxylation sites is 1. The number of carbonyl (C=O) groups is 2. The van der Waals surface area contributed by atoms with Crippen LogP contribution < -0.4 is 15.4 Å². The van der Waals surface area contributed by atoms with Crippen molar-refractivity contribution in [3.63, 3.8) is 0 Å². The molecule has 0 radical (unpaired) electrons. The van der Waals surface area contributed by atoms with Crippen LogP contribution in [0.3, 0.4) is 0 Å². The second-order valence-electron chi connectivity index (χ2n) is 8.51. The number of ether oxygens (including phenoxy) is 1. The number of methoxy groups -OCH3 is 1. The van der Waals surface area contributed by atoms with Crippen molar-refractivity contribution in [1.29, 1.82) is 0 Å². The Morgan fingerprint density at radius 2 is 1.65 bits per heavy atom. The lowest BCUT2D eigenvalue weighted by atomic mass is 10.0. The van der Waals surface area contributed by atoms with E-state index in [2.05, 4.69) is 21.7 Å². The topological polar surface area (TPSA) is 83.2 Å². The highest BCUT2D eigenvalue weighted by molar-refractivity contribution is 5.96. The van der Waals surface area contributed by atoms with Gasteiger partial charge in [0.15, 0.2) is 0 Å². The zero-order chi connectivity index (χ0) is 24.1. The van der Waals surface area contributed by atoms with E-state index in [0.717, 1.165) is 33.5 Å². The Morgan fingerprint density at radius 1 is 0.941 bits per heavy atom. The van der Waals surface area contributed by atoms with Crippen LogP contribution in [0.2, 0.25) is 0 Å². The molecule has 0 bridgehead atoms. The van der Waals surface area contributed by atoms with Crippen molar-refractivity contribution in [2.75, 3.05) is 12.4 Å². The van der Waals surface area contributed by atoms with Crippen molar-refractivity contribution in [3.8, 4) is 17.0 Å². The molecule has 6 heteroatoms. The summed E-state index contributed by atoms with van der Waals surface area (Å²) in [5.74, 6) is 0.595. The average molecular weight is 456 g/mol. The highest BCUT2D eigenvalue weighted by atomic mass is 16.5. The number of hydrogen-bond donors (Lipinski definition) is 3. The molecule has 0 aliphatic carbocycles. The minimum atomic E-state index is -0.127. The molecule has 6 nitrogen and oxygen atoms in total. The van der Waals surface area contributed by atoms with Gasteiger partial charge in [-0.2, -0.15) is 0 Å². The van der Waals surface area contributed by atoms with Gasteiger partial charge in [-0.15, -0.1) is 0 Å². The number of H-pyrrole nitrogens is 1. The largest absolute Gasteiger partial charge is 0.497 e. The van der Waals surface area contributed by atoms with E-state index >= 15 is 0 Å². The summed E-state index contributed by atoms with van der Waals surface area (Å²) < 4.78 is 5.28. The average Bonchev–Trinajstić information content (AvgIpc) is 3.21. The lowest BCUT2D eigenvalue weighted by molar-refractivity contribution is -0.116. The fourth-order valence-corrected chi connectivity index (χ4v) is 3.98. The second kappa shape index (κ2) is 10.3. The van der Waals surface area contributed by atoms with Gasteiger partial charge in [-0.1, -0.05) is 18.2 Å². The maximum Gasteiger partial charge on any atom is 0.251 e. The van der Waals surface area contributed by atoms with Crippen LogP contribution in [0.4, 0.5) is 5.69 Å². The summed E-state index contributed by atoms with van der Waals surface area (Å²) >= 11 is 0. The number of fused-ring (bicyclic) bond motifs is 1. The van der Waals surface area contributed by atoms with Crippen LogP contribution >= 0.6 is 0 Å². The van der Waals surface area contributed by atoms with Crippen molar-refractivity contribution >= 4 is 28.4 Å². The lowest BCUT2D eigenvalue weighted by Gasteiger charge is -2.10. The van der Waals surface area contributed by atoms with Crippen LogP contribution in [0.25, 0.3) is 22.2 Å². The molecule has 0 aliphatic rings. The third-order valence-corrected chi connectivity index (χ3v) is 5.65. The predicted octanol–water partition coefficient (Wildman–Crippen LogP) is 5.55. The minimum absolute atomic E-state index is 0.0687. The number of hydrogen-bond acceptors (Lipinski definition) is 3. The molecule has 2 amide bonds. The van der Waals surface area contributed by atoms with Crippen LogP contribution in [-0.4, -0.2) is 29.9 Å². The van der Waals surface area contributed by atoms with E-state index < -0.39 is 0 Å². The van der Waals surface area contributed by atoms with Gasteiger partial charge in [0.25, 0.3) is 5.91 Å². The monoisotopic (exact) mass is 455 g/mol. The highest BCUT2D eigenvalue weighted by Crippen LogP contribution is 2.32. The van der Waals surface area contributed by atoms with E-state index in [4.69, 9.17) is 4.74 Å². The molecule has 0 saturated heterocycles. The molecule has 1 aromatic heterocycles. The summed E-state index contributed by atoms with van der Waals surface area (Å²) in [7, 11) is 1.65. The Kier molecular flexibility index (Phi) is 6.97. The normalized spacial score (nSPS) is 10.9. The van der Waals surface area contributed by atoms with E-state index in [9.17, 15) is 9.59 Å². The van der Waals surface area contributed by atoms with Gasteiger partial charge in [-0.05, 0) is 86.0 Å². The van der Waals surface area contributed by atoms with Gasteiger partial charge < -0.3 is 20.4 Å². The van der Waals surface area contributed by atoms with E-state index in [1.165, 1.54) is 0 Å².